The highest BCUT2D eigenvalue weighted by Gasteiger charge is 2.13. The maximum atomic E-state index is 13.2. The van der Waals surface area contributed by atoms with Crippen LogP contribution in [0.25, 0.3) is 33.0 Å². The lowest BCUT2D eigenvalue weighted by molar-refractivity contribution is -0.116. The number of aromatic nitrogens is 3. The number of anilines is 1. The van der Waals surface area contributed by atoms with Crippen molar-refractivity contribution in [3.8, 4) is 0 Å². The second-order valence-electron chi connectivity index (χ2n) is 7.92. The summed E-state index contributed by atoms with van der Waals surface area (Å²) < 4.78 is 4.15. The Hall–Kier alpha value is -3.94. The molecule has 6 rings (SSSR count). The second-order valence-corrected chi connectivity index (χ2v) is 9.36. The lowest BCUT2D eigenvalue weighted by Gasteiger charge is -2.07. The maximum Gasteiger partial charge on any atom is 0.274 e. The number of benzene rings is 3. The number of para-hydroxylation sites is 3. The number of amides is 1. The number of carbonyl (C=O) groups is 1. The molecule has 3 aromatic carbocycles. The topological polar surface area (TPSA) is 68.4 Å². The summed E-state index contributed by atoms with van der Waals surface area (Å²) in [7, 11) is 0. The fourth-order valence-electron chi connectivity index (χ4n) is 4.16. The van der Waals surface area contributed by atoms with E-state index in [9.17, 15) is 9.59 Å². The van der Waals surface area contributed by atoms with E-state index in [-0.39, 0.29) is 18.0 Å². The average Bonchev–Trinajstić information content (AvgIpc) is 3.47. The standard InChI is InChI=1S/C26H17ClN4O2S/c27-17-9-11-18(12-10-17)28-24(32)15-30-14-16(19-5-1-3-7-21(19)30)13-23-25(33)31-22-8-4-2-6-20(22)29-26(31)34-23/h1-14H,15H2,(H,28,32). The minimum absolute atomic E-state index is 0.0917. The third-order valence-electron chi connectivity index (χ3n) is 5.69. The fraction of sp³-hybridized carbons (Fsp3) is 0.0385. The van der Waals surface area contributed by atoms with E-state index in [0.29, 0.717) is 20.2 Å². The van der Waals surface area contributed by atoms with Gasteiger partial charge in [0.2, 0.25) is 5.91 Å². The van der Waals surface area contributed by atoms with Gasteiger partial charge < -0.3 is 9.88 Å². The predicted octanol–water partition coefficient (Wildman–Crippen LogP) is 4.70. The highest BCUT2D eigenvalue weighted by atomic mass is 35.5. The van der Waals surface area contributed by atoms with Gasteiger partial charge in [-0.15, -0.1) is 0 Å². The van der Waals surface area contributed by atoms with Crippen molar-refractivity contribution in [2.45, 2.75) is 6.54 Å². The molecule has 0 spiro atoms. The van der Waals surface area contributed by atoms with Crippen LogP contribution >= 0.6 is 22.9 Å². The molecule has 0 fully saturated rings. The van der Waals surface area contributed by atoms with Gasteiger partial charge in [0.05, 0.1) is 15.6 Å². The summed E-state index contributed by atoms with van der Waals surface area (Å²) in [6.45, 7) is 0.139. The number of thiazole rings is 1. The molecule has 6 aromatic rings. The van der Waals surface area contributed by atoms with E-state index in [4.69, 9.17) is 11.6 Å². The first-order chi connectivity index (χ1) is 16.6. The highest BCUT2D eigenvalue weighted by Crippen LogP contribution is 2.23. The molecule has 0 bridgehead atoms. The molecule has 0 saturated carbocycles. The summed E-state index contributed by atoms with van der Waals surface area (Å²) in [5.74, 6) is -0.153. The molecular formula is C26H17ClN4O2S. The number of hydrogen-bond donors (Lipinski definition) is 1. The molecule has 8 heteroatoms. The smallest absolute Gasteiger partial charge is 0.274 e. The molecule has 0 aliphatic carbocycles. The molecule has 34 heavy (non-hydrogen) atoms. The number of imidazole rings is 1. The van der Waals surface area contributed by atoms with Crippen molar-refractivity contribution in [2.24, 2.45) is 0 Å². The van der Waals surface area contributed by atoms with Crippen LogP contribution < -0.4 is 15.4 Å². The summed E-state index contributed by atoms with van der Waals surface area (Å²) in [5, 5.41) is 4.48. The summed E-state index contributed by atoms with van der Waals surface area (Å²) in [6.07, 6.45) is 3.79. The first-order valence-electron chi connectivity index (χ1n) is 10.6. The minimum Gasteiger partial charge on any atom is -0.337 e. The number of fused-ring (bicyclic) bond motifs is 4. The van der Waals surface area contributed by atoms with Crippen LogP contribution in [0.5, 0.6) is 0 Å². The van der Waals surface area contributed by atoms with Gasteiger partial charge in [0.25, 0.3) is 5.56 Å². The van der Waals surface area contributed by atoms with Crippen LogP contribution in [0.2, 0.25) is 5.02 Å². The number of carbonyl (C=O) groups excluding carboxylic acids is 1. The van der Waals surface area contributed by atoms with Gasteiger partial charge in [0, 0.05) is 33.4 Å². The molecule has 0 aliphatic rings. The van der Waals surface area contributed by atoms with E-state index in [1.165, 1.54) is 11.3 Å². The Kier molecular flexibility index (Phi) is 4.94. The zero-order valence-corrected chi connectivity index (χ0v) is 19.3. The third kappa shape index (κ3) is 3.55. The lowest BCUT2D eigenvalue weighted by Crippen LogP contribution is -2.22. The Balaban J connectivity index is 1.40. The molecule has 1 amide bonds. The van der Waals surface area contributed by atoms with Crippen molar-refractivity contribution in [1.29, 1.82) is 0 Å². The molecule has 0 unspecified atom stereocenters. The SMILES string of the molecule is O=C(Cn1cc(C=c2sc3nc4ccccc4n3c2=O)c2ccccc21)Nc1ccc(Cl)cc1. The van der Waals surface area contributed by atoms with Gasteiger partial charge in [-0.2, -0.15) is 0 Å². The first kappa shape index (κ1) is 20.7. The normalized spacial score (nSPS) is 12.2. The van der Waals surface area contributed by atoms with Crippen LogP contribution in [0, 0.1) is 0 Å². The Morgan fingerprint density at radius 2 is 1.74 bits per heavy atom. The van der Waals surface area contributed by atoms with Crippen LogP contribution in [0.1, 0.15) is 5.56 Å². The monoisotopic (exact) mass is 484 g/mol. The van der Waals surface area contributed by atoms with Crippen LogP contribution in [0.4, 0.5) is 5.69 Å². The van der Waals surface area contributed by atoms with Crippen molar-refractivity contribution < 1.29 is 4.79 Å². The van der Waals surface area contributed by atoms with Gasteiger partial charge in [-0.1, -0.05) is 53.3 Å². The zero-order chi connectivity index (χ0) is 23.2. The molecule has 166 valence electrons. The van der Waals surface area contributed by atoms with Crippen LogP contribution in [0.15, 0.2) is 83.8 Å². The van der Waals surface area contributed by atoms with E-state index >= 15 is 0 Å². The van der Waals surface area contributed by atoms with Crippen molar-refractivity contribution in [3.05, 3.63) is 104 Å². The zero-order valence-electron chi connectivity index (χ0n) is 17.7. The first-order valence-corrected chi connectivity index (χ1v) is 11.8. The summed E-state index contributed by atoms with van der Waals surface area (Å²) >= 11 is 7.29. The van der Waals surface area contributed by atoms with Crippen LogP contribution in [-0.2, 0) is 11.3 Å². The molecule has 3 heterocycles. The predicted molar refractivity (Wildman–Crippen MR) is 138 cm³/mol. The number of hydrogen-bond acceptors (Lipinski definition) is 4. The van der Waals surface area contributed by atoms with Crippen molar-refractivity contribution in [2.75, 3.05) is 5.32 Å². The molecule has 1 N–H and O–H groups in total. The molecule has 0 radical (unpaired) electrons. The van der Waals surface area contributed by atoms with Crippen molar-refractivity contribution >= 4 is 67.5 Å². The van der Waals surface area contributed by atoms with Crippen LogP contribution in [0.3, 0.4) is 0 Å². The summed E-state index contributed by atoms with van der Waals surface area (Å²) in [5.41, 5.74) is 3.99. The summed E-state index contributed by atoms with van der Waals surface area (Å²) in [6, 6.07) is 22.5. The Morgan fingerprint density at radius 3 is 2.56 bits per heavy atom. The Bertz CT molecular complexity index is 1820. The number of nitrogens with one attached hydrogen (secondary N) is 1. The molecule has 3 aromatic heterocycles. The third-order valence-corrected chi connectivity index (χ3v) is 6.91. The highest BCUT2D eigenvalue weighted by molar-refractivity contribution is 7.15. The maximum absolute atomic E-state index is 13.2. The van der Waals surface area contributed by atoms with Gasteiger partial charge in [0.15, 0.2) is 4.96 Å². The lowest BCUT2D eigenvalue weighted by atomic mass is 10.2. The van der Waals surface area contributed by atoms with E-state index in [1.807, 2.05) is 65.4 Å². The molecule has 0 aliphatic heterocycles. The largest absolute Gasteiger partial charge is 0.337 e. The molecule has 6 nitrogen and oxygen atoms in total. The number of halogens is 1. The number of nitrogens with zero attached hydrogens (tertiary/aromatic N) is 3. The minimum atomic E-state index is -0.153. The second kappa shape index (κ2) is 8.13. The fourth-order valence-corrected chi connectivity index (χ4v) is 5.27. The van der Waals surface area contributed by atoms with Gasteiger partial charge in [-0.05, 0) is 48.5 Å². The average molecular weight is 485 g/mol. The Labute approximate surface area is 202 Å². The summed E-state index contributed by atoms with van der Waals surface area (Å²) in [4.78, 5) is 31.1. The van der Waals surface area contributed by atoms with Gasteiger partial charge in [-0.3, -0.25) is 9.59 Å². The van der Waals surface area contributed by atoms with E-state index in [1.54, 1.807) is 28.7 Å². The molecular weight excluding hydrogens is 468 g/mol. The van der Waals surface area contributed by atoms with Crippen LogP contribution in [-0.4, -0.2) is 19.9 Å². The van der Waals surface area contributed by atoms with Crippen molar-refractivity contribution in [1.82, 2.24) is 14.0 Å². The van der Waals surface area contributed by atoms with Gasteiger partial charge in [-0.25, -0.2) is 9.38 Å². The number of rotatable bonds is 4. The van der Waals surface area contributed by atoms with E-state index < -0.39 is 0 Å². The van der Waals surface area contributed by atoms with E-state index in [2.05, 4.69) is 10.3 Å². The Morgan fingerprint density at radius 1 is 1.00 bits per heavy atom. The van der Waals surface area contributed by atoms with E-state index in [0.717, 1.165) is 27.5 Å². The van der Waals surface area contributed by atoms with Crippen molar-refractivity contribution in [3.63, 3.8) is 0 Å². The quantitative estimate of drug-likeness (QED) is 0.394. The molecule has 0 saturated heterocycles. The molecule has 0 atom stereocenters. The van der Waals surface area contributed by atoms with Gasteiger partial charge in [0.1, 0.15) is 6.54 Å². The van der Waals surface area contributed by atoms with Gasteiger partial charge >= 0.3 is 0 Å².